The minimum Gasteiger partial charge on any atom is -0.376 e. The third-order valence-corrected chi connectivity index (χ3v) is 1.96. The second-order valence-corrected chi connectivity index (χ2v) is 3.39. The molecule has 0 aromatic heterocycles. The van der Waals surface area contributed by atoms with E-state index in [0.717, 1.165) is 10.1 Å². The van der Waals surface area contributed by atoms with Gasteiger partial charge in [-0.25, -0.2) is 0 Å². The van der Waals surface area contributed by atoms with E-state index in [2.05, 4.69) is 21.2 Å². The molecule has 11 heavy (non-hydrogen) atoms. The number of hydrogen-bond acceptors (Lipinski definition) is 2. The molecule has 0 aromatic carbocycles. The zero-order chi connectivity index (χ0) is 8.43. The average Bonchev–Trinajstić information content (AvgIpc) is 1.85. The van der Waals surface area contributed by atoms with Crippen molar-refractivity contribution in [2.45, 2.75) is 6.92 Å². The number of rotatable bonds is 1. The Kier molecular flexibility index (Phi) is 2.34. The highest BCUT2D eigenvalue weighted by Gasteiger charge is 2.11. The standard InChI is InChI=1S/C7H9BrN2O/c1-4-2-5(8)3-10-6(4)7(9)11/h2,10H,3H2,1H3,(H2,9,11). The topological polar surface area (TPSA) is 55.1 Å². The van der Waals surface area contributed by atoms with Crippen molar-refractivity contribution < 1.29 is 4.79 Å². The van der Waals surface area contributed by atoms with Crippen molar-refractivity contribution in [1.29, 1.82) is 0 Å². The molecule has 0 saturated carbocycles. The number of carbonyl (C=O) groups excluding carboxylic acids is 1. The molecule has 0 aromatic rings. The maximum Gasteiger partial charge on any atom is 0.265 e. The Morgan fingerprint density at radius 3 is 2.91 bits per heavy atom. The van der Waals surface area contributed by atoms with E-state index < -0.39 is 5.91 Å². The van der Waals surface area contributed by atoms with Crippen LogP contribution in [0.15, 0.2) is 21.8 Å². The molecule has 60 valence electrons. The fourth-order valence-corrected chi connectivity index (χ4v) is 1.44. The number of allylic oxidation sites excluding steroid dienone is 2. The Bertz CT molecular complexity index is 255. The minimum absolute atomic E-state index is 0.404. The zero-order valence-electron chi connectivity index (χ0n) is 6.15. The van der Waals surface area contributed by atoms with Gasteiger partial charge in [0, 0.05) is 11.0 Å². The summed E-state index contributed by atoms with van der Waals surface area (Å²) >= 11 is 3.32. The van der Waals surface area contributed by atoms with E-state index in [1.807, 2.05) is 13.0 Å². The van der Waals surface area contributed by atoms with Crippen LogP contribution in [0.2, 0.25) is 0 Å². The second-order valence-electron chi connectivity index (χ2n) is 2.37. The van der Waals surface area contributed by atoms with Gasteiger partial charge < -0.3 is 11.1 Å². The van der Waals surface area contributed by atoms with Crippen LogP contribution in [0.25, 0.3) is 0 Å². The Hall–Kier alpha value is -0.770. The molecular weight excluding hydrogens is 208 g/mol. The molecule has 3 nitrogen and oxygen atoms in total. The Morgan fingerprint density at radius 2 is 2.45 bits per heavy atom. The molecule has 4 heteroatoms. The molecule has 1 aliphatic rings. The number of amides is 1. The lowest BCUT2D eigenvalue weighted by Crippen LogP contribution is -2.30. The first-order valence-electron chi connectivity index (χ1n) is 3.22. The predicted octanol–water partition coefficient (Wildman–Crippen LogP) is 0.628. The van der Waals surface area contributed by atoms with Crippen LogP contribution >= 0.6 is 15.9 Å². The summed E-state index contributed by atoms with van der Waals surface area (Å²) in [5.74, 6) is -0.404. The molecule has 0 atom stereocenters. The lowest BCUT2D eigenvalue weighted by Gasteiger charge is -2.14. The molecule has 0 bridgehead atoms. The van der Waals surface area contributed by atoms with Gasteiger partial charge in [-0.1, -0.05) is 15.9 Å². The van der Waals surface area contributed by atoms with E-state index in [1.165, 1.54) is 0 Å². The van der Waals surface area contributed by atoms with Gasteiger partial charge in [-0.05, 0) is 18.6 Å². The van der Waals surface area contributed by atoms with E-state index in [1.54, 1.807) is 0 Å². The van der Waals surface area contributed by atoms with Gasteiger partial charge in [-0.2, -0.15) is 0 Å². The van der Waals surface area contributed by atoms with E-state index in [0.29, 0.717) is 12.2 Å². The molecule has 0 aliphatic carbocycles. The Morgan fingerprint density at radius 1 is 1.82 bits per heavy atom. The molecule has 1 heterocycles. The van der Waals surface area contributed by atoms with Crippen molar-refractivity contribution in [3.05, 3.63) is 21.8 Å². The predicted molar refractivity (Wildman–Crippen MR) is 46.9 cm³/mol. The monoisotopic (exact) mass is 216 g/mol. The summed E-state index contributed by atoms with van der Waals surface area (Å²) in [6, 6.07) is 0. The summed E-state index contributed by atoms with van der Waals surface area (Å²) in [5.41, 5.74) is 6.48. The van der Waals surface area contributed by atoms with E-state index >= 15 is 0 Å². The van der Waals surface area contributed by atoms with Crippen molar-refractivity contribution in [2.24, 2.45) is 5.73 Å². The molecule has 3 N–H and O–H groups in total. The van der Waals surface area contributed by atoms with Gasteiger partial charge in [0.1, 0.15) is 5.70 Å². The summed E-state index contributed by atoms with van der Waals surface area (Å²) in [5, 5.41) is 2.91. The fourth-order valence-electron chi connectivity index (χ4n) is 0.952. The van der Waals surface area contributed by atoms with Crippen LogP contribution < -0.4 is 11.1 Å². The van der Waals surface area contributed by atoms with Crippen LogP contribution in [-0.2, 0) is 4.79 Å². The molecule has 0 unspecified atom stereocenters. The van der Waals surface area contributed by atoms with Gasteiger partial charge in [-0.3, -0.25) is 4.79 Å². The molecule has 1 amide bonds. The largest absolute Gasteiger partial charge is 0.376 e. The van der Waals surface area contributed by atoms with Crippen LogP contribution in [0.1, 0.15) is 6.92 Å². The molecule has 1 aliphatic heterocycles. The number of halogens is 1. The summed E-state index contributed by atoms with van der Waals surface area (Å²) in [7, 11) is 0. The number of nitrogens with one attached hydrogen (secondary N) is 1. The summed E-state index contributed by atoms with van der Waals surface area (Å²) in [6.07, 6.45) is 1.89. The third kappa shape index (κ3) is 1.83. The van der Waals surface area contributed by atoms with Crippen molar-refractivity contribution in [2.75, 3.05) is 6.54 Å². The van der Waals surface area contributed by atoms with E-state index in [-0.39, 0.29) is 0 Å². The van der Waals surface area contributed by atoms with Crippen molar-refractivity contribution >= 4 is 21.8 Å². The molecular formula is C7H9BrN2O. The van der Waals surface area contributed by atoms with Crippen LogP contribution in [-0.4, -0.2) is 12.5 Å². The number of hydrogen-bond donors (Lipinski definition) is 2. The first kappa shape index (κ1) is 8.33. The Labute approximate surface area is 73.5 Å². The summed E-state index contributed by atoms with van der Waals surface area (Å²) in [6.45, 7) is 2.48. The van der Waals surface area contributed by atoms with Gasteiger partial charge in [0.05, 0.1) is 0 Å². The number of nitrogens with two attached hydrogens (primary N) is 1. The highest BCUT2D eigenvalue weighted by atomic mass is 79.9. The first-order valence-corrected chi connectivity index (χ1v) is 4.01. The normalized spacial score (nSPS) is 17.5. The van der Waals surface area contributed by atoms with Crippen LogP contribution in [0, 0.1) is 0 Å². The second kappa shape index (κ2) is 3.09. The first-order chi connectivity index (χ1) is 5.11. The van der Waals surface area contributed by atoms with Crippen molar-refractivity contribution in [1.82, 2.24) is 5.32 Å². The van der Waals surface area contributed by atoms with Gasteiger partial charge in [-0.15, -0.1) is 0 Å². The SMILES string of the molecule is CC1=C(C(N)=O)NCC(Br)=C1. The smallest absolute Gasteiger partial charge is 0.265 e. The fraction of sp³-hybridized carbons (Fsp3) is 0.286. The highest BCUT2D eigenvalue weighted by Crippen LogP contribution is 2.15. The van der Waals surface area contributed by atoms with E-state index in [9.17, 15) is 4.79 Å². The van der Waals surface area contributed by atoms with Crippen molar-refractivity contribution in [3.63, 3.8) is 0 Å². The summed E-state index contributed by atoms with van der Waals surface area (Å²) in [4.78, 5) is 10.7. The van der Waals surface area contributed by atoms with Crippen LogP contribution in [0.3, 0.4) is 0 Å². The molecule has 0 spiro atoms. The van der Waals surface area contributed by atoms with Crippen LogP contribution in [0.4, 0.5) is 0 Å². The third-order valence-electron chi connectivity index (χ3n) is 1.45. The maximum atomic E-state index is 10.7. The van der Waals surface area contributed by atoms with Crippen LogP contribution in [0.5, 0.6) is 0 Å². The average molecular weight is 217 g/mol. The van der Waals surface area contributed by atoms with Gasteiger partial charge in [0.15, 0.2) is 0 Å². The quantitative estimate of drug-likeness (QED) is 0.676. The lowest BCUT2D eigenvalue weighted by atomic mass is 10.1. The van der Waals surface area contributed by atoms with Crippen molar-refractivity contribution in [3.8, 4) is 0 Å². The maximum absolute atomic E-state index is 10.7. The summed E-state index contributed by atoms with van der Waals surface area (Å²) < 4.78 is 1.03. The molecule has 0 saturated heterocycles. The molecule has 0 fully saturated rings. The number of dihydropyridines is 1. The van der Waals surface area contributed by atoms with Gasteiger partial charge in [0.2, 0.25) is 0 Å². The minimum atomic E-state index is -0.404. The van der Waals surface area contributed by atoms with E-state index in [4.69, 9.17) is 5.73 Å². The Balaban J connectivity index is 2.95. The number of primary amides is 1. The molecule has 1 rings (SSSR count). The van der Waals surface area contributed by atoms with Gasteiger partial charge in [0.25, 0.3) is 5.91 Å². The highest BCUT2D eigenvalue weighted by molar-refractivity contribution is 9.11. The lowest BCUT2D eigenvalue weighted by molar-refractivity contribution is -0.114. The molecule has 0 radical (unpaired) electrons. The van der Waals surface area contributed by atoms with Gasteiger partial charge >= 0.3 is 0 Å². The number of carbonyl (C=O) groups is 1. The zero-order valence-corrected chi connectivity index (χ0v) is 7.73.